The van der Waals surface area contributed by atoms with Gasteiger partial charge in [-0.3, -0.25) is 4.79 Å². The third-order valence-electron chi connectivity index (χ3n) is 1.31. The van der Waals surface area contributed by atoms with Crippen molar-refractivity contribution in [2.45, 2.75) is 0 Å². The molecule has 12 heavy (non-hydrogen) atoms. The van der Waals surface area contributed by atoms with Crippen molar-refractivity contribution in [1.82, 2.24) is 0 Å². The molecule has 4 heteroatoms. The van der Waals surface area contributed by atoms with Crippen LogP contribution in [0.2, 0.25) is 5.02 Å². The van der Waals surface area contributed by atoms with Gasteiger partial charge in [-0.15, -0.1) is 0 Å². The van der Waals surface area contributed by atoms with Gasteiger partial charge >= 0.3 is 0 Å². The highest BCUT2D eigenvalue weighted by molar-refractivity contribution is 6.68. The Balaban J connectivity index is 3.32. The predicted octanol–water partition coefficient (Wildman–Crippen LogP) is 2.59. The summed E-state index contributed by atoms with van der Waals surface area (Å²) in [7, 11) is 0. The molecule has 2 nitrogen and oxygen atoms in total. The molecular formula is C8H3Cl2NO. The van der Waals surface area contributed by atoms with Crippen molar-refractivity contribution >= 4 is 28.4 Å². The molecule has 0 amide bonds. The van der Waals surface area contributed by atoms with Gasteiger partial charge in [0, 0.05) is 5.02 Å². The Kier molecular flexibility index (Phi) is 2.69. The molecule has 1 aromatic rings. The van der Waals surface area contributed by atoms with Gasteiger partial charge < -0.3 is 0 Å². The summed E-state index contributed by atoms with van der Waals surface area (Å²) >= 11 is 10.8. The van der Waals surface area contributed by atoms with Crippen LogP contribution < -0.4 is 0 Å². The molecule has 0 aliphatic heterocycles. The maximum absolute atomic E-state index is 10.7. The van der Waals surface area contributed by atoms with E-state index >= 15 is 0 Å². The summed E-state index contributed by atoms with van der Waals surface area (Å²) in [6, 6.07) is 6.17. The average Bonchev–Trinajstić information content (AvgIpc) is 2.03. The zero-order valence-corrected chi connectivity index (χ0v) is 7.36. The van der Waals surface area contributed by atoms with E-state index in [0.29, 0.717) is 5.02 Å². The van der Waals surface area contributed by atoms with Crippen LogP contribution in [-0.2, 0) is 0 Å². The fourth-order valence-electron chi connectivity index (χ4n) is 0.780. The van der Waals surface area contributed by atoms with E-state index in [0.717, 1.165) is 0 Å². The molecule has 0 unspecified atom stereocenters. The monoisotopic (exact) mass is 199 g/mol. The van der Waals surface area contributed by atoms with Gasteiger partial charge in [-0.1, -0.05) is 11.6 Å². The lowest BCUT2D eigenvalue weighted by Gasteiger charge is -1.96. The van der Waals surface area contributed by atoms with Crippen LogP contribution in [0, 0.1) is 11.3 Å². The van der Waals surface area contributed by atoms with Gasteiger partial charge in [0.25, 0.3) is 5.24 Å². The quantitative estimate of drug-likeness (QED) is 0.653. The molecule has 60 valence electrons. The van der Waals surface area contributed by atoms with Gasteiger partial charge in [-0.25, -0.2) is 0 Å². The Bertz CT molecular complexity index is 368. The number of hydrogen-bond donors (Lipinski definition) is 0. The lowest BCUT2D eigenvalue weighted by molar-refractivity contribution is 0.108. The lowest BCUT2D eigenvalue weighted by Crippen LogP contribution is -1.93. The molecule has 0 saturated heterocycles. The van der Waals surface area contributed by atoms with E-state index < -0.39 is 5.24 Å². The molecule has 0 radical (unpaired) electrons. The van der Waals surface area contributed by atoms with Crippen molar-refractivity contribution in [2.75, 3.05) is 0 Å². The standard InChI is InChI=1S/C8H3Cl2NO/c9-6-1-2-7(8(10)12)5(3-6)4-11/h1-3H. The summed E-state index contributed by atoms with van der Waals surface area (Å²) in [6.07, 6.45) is 0. The number of rotatable bonds is 1. The van der Waals surface area contributed by atoms with Crippen LogP contribution in [0.25, 0.3) is 0 Å². The Morgan fingerprint density at radius 1 is 1.50 bits per heavy atom. The highest BCUT2D eigenvalue weighted by Gasteiger charge is 2.08. The molecule has 0 atom stereocenters. The zero-order chi connectivity index (χ0) is 9.14. The maximum Gasteiger partial charge on any atom is 0.253 e. The predicted molar refractivity (Wildman–Crippen MR) is 46.4 cm³/mol. The Hall–Kier alpha value is -1.04. The molecule has 0 aliphatic rings. The fraction of sp³-hybridized carbons (Fsp3) is 0. The van der Waals surface area contributed by atoms with E-state index in [1.807, 2.05) is 6.07 Å². The molecule has 0 saturated carbocycles. The van der Waals surface area contributed by atoms with E-state index in [1.165, 1.54) is 18.2 Å². The van der Waals surface area contributed by atoms with Crippen LogP contribution >= 0.6 is 23.2 Å². The summed E-state index contributed by atoms with van der Waals surface area (Å²) in [6.45, 7) is 0. The summed E-state index contributed by atoms with van der Waals surface area (Å²) in [4.78, 5) is 10.7. The SMILES string of the molecule is N#Cc1cc(Cl)ccc1C(=O)Cl. The second-order valence-electron chi connectivity index (χ2n) is 2.08. The third kappa shape index (κ3) is 1.76. The fourth-order valence-corrected chi connectivity index (χ4v) is 1.12. The number of nitrogens with zero attached hydrogens (tertiary/aromatic N) is 1. The zero-order valence-electron chi connectivity index (χ0n) is 5.84. The molecule has 1 aromatic carbocycles. The Labute approximate surface area is 79.3 Å². The summed E-state index contributed by atoms with van der Waals surface area (Å²) < 4.78 is 0. The largest absolute Gasteiger partial charge is 0.276 e. The highest BCUT2D eigenvalue weighted by atomic mass is 35.5. The van der Waals surface area contributed by atoms with Crippen LogP contribution in [0.3, 0.4) is 0 Å². The number of halogens is 2. The molecule has 0 spiro atoms. The molecule has 0 N–H and O–H groups in total. The lowest BCUT2D eigenvalue weighted by atomic mass is 10.1. The molecule has 1 rings (SSSR count). The molecule has 0 aromatic heterocycles. The first-order valence-corrected chi connectivity index (χ1v) is 3.80. The van der Waals surface area contributed by atoms with Crippen molar-refractivity contribution in [2.24, 2.45) is 0 Å². The van der Waals surface area contributed by atoms with Crippen LogP contribution in [-0.4, -0.2) is 5.24 Å². The first kappa shape index (κ1) is 9.05. The van der Waals surface area contributed by atoms with E-state index in [4.69, 9.17) is 28.5 Å². The van der Waals surface area contributed by atoms with Crippen molar-refractivity contribution in [3.8, 4) is 6.07 Å². The van der Waals surface area contributed by atoms with Gasteiger partial charge in [0.15, 0.2) is 0 Å². The third-order valence-corrected chi connectivity index (χ3v) is 1.75. The van der Waals surface area contributed by atoms with Crippen molar-refractivity contribution in [3.63, 3.8) is 0 Å². The van der Waals surface area contributed by atoms with E-state index in [9.17, 15) is 4.79 Å². The van der Waals surface area contributed by atoms with Crippen LogP contribution in [0.4, 0.5) is 0 Å². The first-order valence-electron chi connectivity index (χ1n) is 3.04. The molecular weight excluding hydrogens is 197 g/mol. The minimum atomic E-state index is -0.650. The minimum absolute atomic E-state index is 0.184. The van der Waals surface area contributed by atoms with Crippen LogP contribution in [0.1, 0.15) is 15.9 Å². The highest BCUT2D eigenvalue weighted by Crippen LogP contribution is 2.16. The molecule has 0 fully saturated rings. The summed E-state index contributed by atoms with van der Waals surface area (Å²) in [5.41, 5.74) is 0.381. The van der Waals surface area contributed by atoms with E-state index in [1.54, 1.807) is 0 Å². The number of benzene rings is 1. The van der Waals surface area contributed by atoms with E-state index in [-0.39, 0.29) is 11.1 Å². The second-order valence-corrected chi connectivity index (χ2v) is 2.86. The van der Waals surface area contributed by atoms with Crippen LogP contribution in [0.5, 0.6) is 0 Å². The van der Waals surface area contributed by atoms with Gasteiger partial charge in [-0.2, -0.15) is 5.26 Å². The topological polar surface area (TPSA) is 40.9 Å². The number of nitriles is 1. The maximum atomic E-state index is 10.7. The number of carbonyl (C=O) groups excluding carboxylic acids is 1. The number of carbonyl (C=O) groups is 1. The van der Waals surface area contributed by atoms with Gasteiger partial charge in [-0.05, 0) is 29.8 Å². The van der Waals surface area contributed by atoms with E-state index in [2.05, 4.69) is 0 Å². The normalized spacial score (nSPS) is 9.08. The van der Waals surface area contributed by atoms with Crippen molar-refractivity contribution in [3.05, 3.63) is 34.3 Å². The smallest absolute Gasteiger partial charge is 0.253 e. The summed E-state index contributed by atoms with van der Waals surface area (Å²) in [5.74, 6) is 0. The van der Waals surface area contributed by atoms with Gasteiger partial charge in [0.1, 0.15) is 0 Å². The first-order chi connectivity index (χ1) is 5.65. The molecule has 0 bridgehead atoms. The number of hydrogen-bond acceptors (Lipinski definition) is 2. The Morgan fingerprint density at radius 2 is 2.17 bits per heavy atom. The minimum Gasteiger partial charge on any atom is -0.276 e. The molecule has 0 aliphatic carbocycles. The Morgan fingerprint density at radius 3 is 2.67 bits per heavy atom. The van der Waals surface area contributed by atoms with Gasteiger partial charge in [0.05, 0.1) is 17.2 Å². The van der Waals surface area contributed by atoms with Crippen molar-refractivity contribution in [1.29, 1.82) is 5.26 Å². The summed E-state index contributed by atoms with van der Waals surface area (Å²) in [5, 5.41) is 8.33. The van der Waals surface area contributed by atoms with Gasteiger partial charge in [0.2, 0.25) is 0 Å². The van der Waals surface area contributed by atoms with Crippen molar-refractivity contribution < 1.29 is 4.79 Å². The molecule has 0 heterocycles. The average molecular weight is 200 g/mol. The second kappa shape index (κ2) is 3.57. The van der Waals surface area contributed by atoms with Crippen LogP contribution in [0.15, 0.2) is 18.2 Å².